The normalized spacial score (nSPS) is 15.9. The van der Waals surface area contributed by atoms with Crippen molar-refractivity contribution in [3.05, 3.63) is 45.8 Å². The van der Waals surface area contributed by atoms with E-state index in [1.54, 1.807) is 16.8 Å². The summed E-state index contributed by atoms with van der Waals surface area (Å²) in [6, 6.07) is 7.27. The number of nitrogens with one attached hydrogen (secondary N) is 2. The zero-order chi connectivity index (χ0) is 28.2. The van der Waals surface area contributed by atoms with Crippen molar-refractivity contribution in [2.24, 2.45) is 5.41 Å². The number of halogens is 1. The predicted molar refractivity (Wildman–Crippen MR) is 158 cm³/mol. The van der Waals surface area contributed by atoms with Crippen LogP contribution in [0.4, 0.5) is 17.5 Å². The summed E-state index contributed by atoms with van der Waals surface area (Å²) in [6.45, 7) is 9.56. The zero-order valence-corrected chi connectivity index (χ0v) is 24.3. The third-order valence-corrected chi connectivity index (χ3v) is 7.95. The standard InChI is InChI=1S/C27H33ClN6O3.C2H6/c1-17(2)34-21-6-5-19(13-18(21)14-22(25(34)36)37-16-23(35)29-3)31-24-20(28)15-30-26(32-24)33-11-9-27(10-12-33)7-4-8-27;1-2/h5-6,13-15,17H,4,7-12,16H2,1-3H3,(H,29,35)(H,30,31,32);1-2H3. The Morgan fingerprint density at radius 3 is 2.49 bits per heavy atom. The predicted octanol–water partition coefficient (Wildman–Crippen LogP) is 5.69. The van der Waals surface area contributed by atoms with Gasteiger partial charge in [0, 0.05) is 37.3 Å². The maximum atomic E-state index is 13.0. The van der Waals surface area contributed by atoms with E-state index in [2.05, 4.69) is 20.5 Å². The van der Waals surface area contributed by atoms with Gasteiger partial charge in [-0.3, -0.25) is 9.59 Å². The number of nitrogens with zero attached hydrogens (tertiary/aromatic N) is 4. The van der Waals surface area contributed by atoms with Crippen LogP contribution in [0.25, 0.3) is 10.9 Å². The lowest BCUT2D eigenvalue weighted by Gasteiger charge is -2.48. The lowest BCUT2D eigenvalue weighted by molar-refractivity contribution is -0.122. The third kappa shape index (κ3) is 6.13. The molecule has 1 aliphatic carbocycles. The quantitative estimate of drug-likeness (QED) is 0.387. The summed E-state index contributed by atoms with van der Waals surface area (Å²) in [5.74, 6) is 1.03. The van der Waals surface area contributed by atoms with Gasteiger partial charge in [0.1, 0.15) is 5.02 Å². The van der Waals surface area contributed by atoms with Crippen LogP contribution >= 0.6 is 11.6 Å². The number of pyridine rings is 1. The van der Waals surface area contributed by atoms with Gasteiger partial charge in [0.15, 0.2) is 18.2 Å². The second-order valence-corrected chi connectivity index (χ2v) is 10.8. The van der Waals surface area contributed by atoms with Gasteiger partial charge in [0.05, 0.1) is 11.7 Å². The molecule has 9 nitrogen and oxygen atoms in total. The number of likely N-dealkylation sites (N-methyl/N-ethyl adjacent to an activating group) is 1. The van der Waals surface area contributed by atoms with Crippen LogP contribution in [0.5, 0.6) is 5.75 Å². The summed E-state index contributed by atoms with van der Waals surface area (Å²) in [7, 11) is 1.52. The van der Waals surface area contributed by atoms with Crippen molar-refractivity contribution >= 4 is 45.9 Å². The largest absolute Gasteiger partial charge is 0.478 e. The highest BCUT2D eigenvalue weighted by atomic mass is 35.5. The minimum atomic E-state index is -0.309. The fourth-order valence-electron chi connectivity index (χ4n) is 5.32. The Kier molecular flexibility index (Phi) is 9.00. The van der Waals surface area contributed by atoms with Gasteiger partial charge in [-0.1, -0.05) is 31.9 Å². The topological polar surface area (TPSA) is 101 Å². The van der Waals surface area contributed by atoms with Gasteiger partial charge in [-0.2, -0.15) is 4.98 Å². The molecule has 3 aromatic rings. The molecule has 0 unspecified atom stereocenters. The maximum absolute atomic E-state index is 13.0. The molecule has 1 saturated heterocycles. The van der Waals surface area contributed by atoms with Crippen molar-refractivity contribution < 1.29 is 9.53 Å². The molecule has 3 heterocycles. The van der Waals surface area contributed by atoms with Crippen LogP contribution < -0.4 is 25.8 Å². The second kappa shape index (κ2) is 12.2. The number of hydrogen-bond acceptors (Lipinski definition) is 7. The fraction of sp³-hybridized carbons (Fsp3) is 0.517. The molecule has 0 radical (unpaired) electrons. The molecule has 1 aliphatic heterocycles. The number of aromatic nitrogens is 3. The minimum absolute atomic E-state index is 0.0974. The van der Waals surface area contributed by atoms with E-state index in [-0.39, 0.29) is 29.9 Å². The Morgan fingerprint density at radius 2 is 1.87 bits per heavy atom. The molecular formula is C29H39ClN6O3. The summed E-state index contributed by atoms with van der Waals surface area (Å²) in [4.78, 5) is 36.2. The molecule has 1 saturated carbocycles. The molecule has 0 bridgehead atoms. The molecule has 210 valence electrons. The smallest absolute Gasteiger partial charge is 0.293 e. The van der Waals surface area contributed by atoms with Gasteiger partial charge in [-0.15, -0.1) is 0 Å². The van der Waals surface area contributed by atoms with Crippen LogP contribution in [0.15, 0.2) is 35.3 Å². The molecule has 1 spiro atoms. The van der Waals surface area contributed by atoms with Gasteiger partial charge in [0.2, 0.25) is 5.95 Å². The summed E-state index contributed by atoms with van der Waals surface area (Å²) in [6.07, 6.45) is 8.07. The summed E-state index contributed by atoms with van der Waals surface area (Å²) < 4.78 is 7.23. The Hall–Kier alpha value is -3.33. The highest BCUT2D eigenvalue weighted by Crippen LogP contribution is 2.49. The van der Waals surface area contributed by atoms with E-state index in [4.69, 9.17) is 21.3 Å². The number of carbonyl (C=O) groups is 1. The van der Waals surface area contributed by atoms with Crippen LogP contribution in [0.2, 0.25) is 5.02 Å². The van der Waals surface area contributed by atoms with E-state index in [1.165, 1.54) is 39.2 Å². The lowest BCUT2D eigenvalue weighted by atomic mass is 9.63. The third-order valence-electron chi connectivity index (χ3n) is 7.67. The highest BCUT2D eigenvalue weighted by Gasteiger charge is 2.40. The number of ether oxygens (including phenoxy) is 1. The zero-order valence-electron chi connectivity index (χ0n) is 23.5. The molecule has 0 atom stereocenters. The number of fused-ring (bicyclic) bond motifs is 1. The van der Waals surface area contributed by atoms with E-state index in [9.17, 15) is 9.59 Å². The highest BCUT2D eigenvalue weighted by molar-refractivity contribution is 6.32. The summed E-state index contributed by atoms with van der Waals surface area (Å²) in [5, 5.41) is 7.04. The van der Waals surface area contributed by atoms with Gasteiger partial charge in [0.25, 0.3) is 11.5 Å². The molecule has 1 aromatic carbocycles. The number of anilines is 3. The number of rotatable bonds is 7. The second-order valence-electron chi connectivity index (χ2n) is 10.3. The van der Waals surface area contributed by atoms with Crippen LogP contribution in [-0.4, -0.2) is 47.2 Å². The summed E-state index contributed by atoms with van der Waals surface area (Å²) in [5.41, 5.74) is 1.80. The Bertz CT molecular complexity index is 1380. The average Bonchev–Trinajstić information content (AvgIpc) is 2.93. The number of carbonyl (C=O) groups excluding carboxylic acids is 1. The summed E-state index contributed by atoms with van der Waals surface area (Å²) >= 11 is 6.47. The van der Waals surface area contributed by atoms with E-state index in [0.717, 1.165) is 29.7 Å². The van der Waals surface area contributed by atoms with Gasteiger partial charge in [-0.25, -0.2) is 4.98 Å². The first-order valence-electron chi connectivity index (χ1n) is 13.9. The lowest BCUT2D eigenvalue weighted by Crippen LogP contribution is -2.44. The molecule has 2 fully saturated rings. The van der Waals surface area contributed by atoms with Crippen LogP contribution in [0, 0.1) is 5.41 Å². The Labute approximate surface area is 234 Å². The average molecular weight is 555 g/mol. The maximum Gasteiger partial charge on any atom is 0.293 e. The molecular weight excluding hydrogens is 516 g/mol. The molecule has 1 amide bonds. The van der Waals surface area contributed by atoms with E-state index < -0.39 is 0 Å². The van der Waals surface area contributed by atoms with Crippen molar-refractivity contribution in [3.63, 3.8) is 0 Å². The first kappa shape index (κ1) is 28.7. The van der Waals surface area contributed by atoms with Crippen molar-refractivity contribution in [1.82, 2.24) is 19.9 Å². The number of hydrogen-bond donors (Lipinski definition) is 2. The molecule has 2 aromatic heterocycles. The van der Waals surface area contributed by atoms with E-state index in [1.807, 2.05) is 45.9 Å². The SMILES string of the molecule is CC.CNC(=O)COc1cc2cc(Nc3nc(N4CCC5(CCC5)CC4)ncc3Cl)ccc2n(C(C)C)c1=O. The van der Waals surface area contributed by atoms with Crippen LogP contribution in [-0.2, 0) is 4.79 Å². The first-order chi connectivity index (χ1) is 18.8. The first-order valence-corrected chi connectivity index (χ1v) is 14.2. The molecule has 10 heteroatoms. The number of piperidine rings is 1. The van der Waals surface area contributed by atoms with E-state index in [0.29, 0.717) is 22.2 Å². The number of benzene rings is 1. The van der Waals surface area contributed by atoms with Crippen LogP contribution in [0.1, 0.15) is 65.8 Å². The monoisotopic (exact) mass is 554 g/mol. The van der Waals surface area contributed by atoms with Crippen LogP contribution in [0.3, 0.4) is 0 Å². The minimum Gasteiger partial charge on any atom is -0.478 e. The van der Waals surface area contributed by atoms with Crippen molar-refractivity contribution in [2.45, 2.75) is 65.8 Å². The fourth-order valence-corrected chi connectivity index (χ4v) is 5.46. The van der Waals surface area contributed by atoms with Crippen molar-refractivity contribution in [1.29, 1.82) is 0 Å². The van der Waals surface area contributed by atoms with Gasteiger partial charge < -0.3 is 24.8 Å². The van der Waals surface area contributed by atoms with Gasteiger partial charge in [-0.05, 0) is 69.2 Å². The van der Waals surface area contributed by atoms with Crippen molar-refractivity contribution in [3.8, 4) is 5.75 Å². The molecule has 5 rings (SSSR count). The van der Waals surface area contributed by atoms with Gasteiger partial charge >= 0.3 is 0 Å². The Morgan fingerprint density at radius 1 is 1.15 bits per heavy atom. The molecule has 2 N–H and O–H groups in total. The Balaban J connectivity index is 0.00000172. The number of amides is 1. The van der Waals surface area contributed by atoms with Crippen molar-refractivity contribution in [2.75, 3.05) is 37.0 Å². The van der Waals surface area contributed by atoms with E-state index >= 15 is 0 Å². The molecule has 39 heavy (non-hydrogen) atoms. The molecule has 2 aliphatic rings.